The number of fused-ring (bicyclic) bond motifs is 2. The molecule has 6 nitrogen and oxygen atoms in total. The van der Waals surface area contributed by atoms with Gasteiger partial charge in [-0.15, -0.1) is 0 Å². The molecule has 4 rings (SSSR count). The van der Waals surface area contributed by atoms with E-state index in [-0.39, 0.29) is 17.7 Å². The van der Waals surface area contributed by atoms with Gasteiger partial charge in [-0.3, -0.25) is 14.3 Å². The highest BCUT2D eigenvalue weighted by molar-refractivity contribution is 9.10. The van der Waals surface area contributed by atoms with E-state index < -0.39 is 17.8 Å². The van der Waals surface area contributed by atoms with Crippen LogP contribution in [0.25, 0.3) is 0 Å². The van der Waals surface area contributed by atoms with E-state index in [2.05, 4.69) is 26.3 Å². The van der Waals surface area contributed by atoms with Crippen LogP contribution in [0, 0.1) is 23.7 Å². The van der Waals surface area contributed by atoms with E-state index >= 15 is 0 Å². The lowest BCUT2D eigenvalue weighted by Crippen LogP contribution is -2.36. The zero-order valence-corrected chi connectivity index (χ0v) is 15.5. The first-order valence-corrected chi connectivity index (χ1v) is 9.30. The van der Waals surface area contributed by atoms with E-state index in [1.54, 1.807) is 16.9 Å². The maximum Gasteiger partial charge on any atom is 0.307 e. The summed E-state index contributed by atoms with van der Waals surface area (Å²) in [6, 6.07) is 9.67. The van der Waals surface area contributed by atoms with E-state index in [9.17, 15) is 14.7 Å². The van der Waals surface area contributed by atoms with Gasteiger partial charge in [0.05, 0.1) is 18.4 Å². The molecule has 1 fully saturated rings. The average Bonchev–Trinajstić information content (AvgIpc) is 3.32. The summed E-state index contributed by atoms with van der Waals surface area (Å²) in [7, 11) is 0. The van der Waals surface area contributed by atoms with Crippen molar-refractivity contribution in [3.8, 4) is 0 Å². The van der Waals surface area contributed by atoms with Gasteiger partial charge in [0.25, 0.3) is 0 Å². The molecule has 1 saturated carbocycles. The molecule has 2 aliphatic rings. The van der Waals surface area contributed by atoms with Crippen molar-refractivity contribution in [1.29, 1.82) is 0 Å². The predicted octanol–water partition coefficient (Wildman–Crippen LogP) is 3.16. The third kappa shape index (κ3) is 3.19. The van der Waals surface area contributed by atoms with Crippen molar-refractivity contribution < 1.29 is 14.7 Å². The van der Waals surface area contributed by atoms with Crippen LogP contribution in [0.1, 0.15) is 12.0 Å². The van der Waals surface area contributed by atoms with Gasteiger partial charge in [0.2, 0.25) is 5.91 Å². The van der Waals surface area contributed by atoms with Gasteiger partial charge >= 0.3 is 5.97 Å². The van der Waals surface area contributed by atoms with Crippen LogP contribution in [0.3, 0.4) is 0 Å². The molecular weight excluding hydrogens is 398 g/mol. The van der Waals surface area contributed by atoms with Crippen molar-refractivity contribution in [2.24, 2.45) is 23.7 Å². The van der Waals surface area contributed by atoms with Crippen LogP contribution in [0.5, 0.6) is 0 Å². The first-order chi connectivity index (χ1) is 12.5. The molecule has 26 heavy (non-hydrogen) atoms. The zero-order valence-electron chi connectivity index (χ0n) is 13.9. The van der Waals surface area contributed by atoms with Gasteiger partial charge < -0.3 is 10.4 Å². The average molecular weight is 416 g/mol. The number of halogens is 1. The van der Waals surface area contributed by atoms with Gasteiger partial charge in [0.15, 0.2) is 5.82 Å². The van der Waals surface area contributed by atoms with Gasteiger partial charge in [-0.1, -0.05) is 40.2 Å². The first-order valence-electron chi connectivity index (χ1n) is 8.51. The van der Waals surface area contributed by atoms with E-state index in [1.807, 2.05) is 36.4 Å². The van der Waals surface area contributed by atoms with Gasteiger partial charge in [0.1, 0.15) is 0 Å². The Kier molecular flexibility index (Phi) is 4.40. The van der Waals surface area contributed by atoms with E-state index in [0.717, 1.165) is 16.5 Å². The van der Waals surface area contributed by atoms with Crippen molar-refractivity contribution in [1.82, 2.24) is 9.78 Å². The summed E-state index contributed by atoms with van der Waals surface area (Å²) in [5, 5.41) is 16.6. The Bertz CT molecular complexity index is 874. The number of aliphatic carboxylic acids is 1. The van der Waals surface area contributed by atoms with Crippen molar-refractivity contribution in [2.45, 2.75) is 13.0 Å². The Labute approximate surface area is 159 Å². The molecule has 7 heteroatoms. The molecule has 0 aliphatic heterocycles. The summed E-state index contributed by atoms with van der Waals surface area (Å²) in [5.41, 5.74) is 1.10. The molecule has 1 heterocycles. The topological polar surface area (TPSA) is 84.2 Å². The third-order valence-corrected chi connectivity index (χ3v) is 5.73. The molecule has 2 aliphatic carbocycles. The Hall–Kier alpha value is -2.41. The van der Waals surface area contributed by atoms with Gasteiger partial charge in [-0.05, 0) is 36.0 Å². The molecule has 0 saturated heterocycles. The number of benzene rings is 1. The largest absolute Gasteiger partial charge is 0.481 e. The highest BCUT2D eigenvalue weighted by Gasteiger charge is 2.51. The normalized spacial score (nSPS) is 26.2. The fraction of sp³-hybridized carbons (Fsp3) is 0.316. The highest BCUT2D eigenvalue weighted by atomic mass is 79.9. The number of hydrogen-bond donors (Lipinski definition) is 2. The van der Waals surface area contributed by atoms with Gasteiger partial charge in [0, 0.05) is 16.7 Å². The number of anilines is 1. The highest BCUT2D eigenvalue weighted by Crippen LogP contribution is 2.48. The molecule has 2 aromatic rings. The molecule has 4 atom stereocenters. The number of rotatable bonds is 5. The molecule has 2 bridgehead atoms. The minimum Gasteiger partial charge on any atom is -0.481 e. The monoisotopic (exact) mass is 415 g/mol. The lowest BCUT2D eigenvalue weighted by Gasteiger charge is -2.23. The van der Waals surface area contributed by atoms with Crippen molar-refractivity contribution in [3.63, 3.8) is 0 Å². The summed E-state index contributed by atoms with van der Waals surface area (Å²) < 4.78 is 2.76. The number of carbonyl (C=O) groups excluding carboxylic acids is 1. The van der Waals surface area contributed by atoms with Crippen LogP contribution in [-0.4, -0.2) is 26.8 Å². The second kappa shape index (κ2) is 6.72. The Balaban J connectivity index is 1.44. The number of carboxylic acid groups (broad SMARTS) is 1. The molecule has 4 unspecified atom stereocenters. The zero-order chi connectivity index (χ0) is 18.3. The Morgan fingerprint density at radius 3 is 2.54 bits per heavy atom. The van der Waals surface area contributed by atoms with Crippen molar-refractivity contribution in [2.75, 3.05) is 5.32 Å². The van der Waals surface area contributed by atoms with Gasteiger partial charge in [-0.25, -0.2) is 0 Å². The fourth-order valence-electron chi connectivity index (χ4n) is 4.02. The van der Waals surface area contributed by atoms with Crippen LogP contribution in [0.2, 0.25) is 0 Å². The minimum atomic E-state index is -0.900. The van der Waals surface area contributed by atoms with Crippen molar-refractivity contribution >= 4 is 33.6 Å². The summed E-state index contributed by atoms with van der Waals surface area (Å²) in [6.07, 6.45) is 6.45. The number of amides is 1. The molecule has 1 aromatic heterocycles. The number of nitrogens with zero attached hydrogens (tertiary/aromatic N) is 2. The summed E-state index contributed by atoms with van der Waals surface area (Å²) in [4.78, 5) is 24.2. The maximum atomic E-state index is 12.7. The smallest absolute Gasteiger partial charge is 0.307 e. The van der Waals surface area contributed by atoms with Crippen LogP contribution in [0.4, 0.5) is 5.82 Å². The third-order valence-electron chi connectivity index (χ3n) is 5.20. The maximum absolute atomic E-state index is 12.7. The number of hydrogen-bond acceptors (Lipinski definition) is 3. The molecule has 0 radical (unpaired) electrons. The standard InChI is InChI=1S/C19H18BrN3O3/c20-14-5-1-11(2-6-14)10-23-8-7-15(22-23)21-18(24)16-12-3-4-13(9-12)17(16)19(25)26/h1-8,12-13,16-17H,9-10H2,(H,25,26)(H,21,22,24). The lowest BCUT2D eigenvalue weighted by molar-refractivity contribution is -0.146. The predicted molar refractivity (Wildman–Crippen MR) is 99.5 cm³/mol. The summed E-state index contributed by atoms with van der Waals surface area (Å²) >= 11 is 3.41. The first kappa shape index (κ1) is 17.0. The number of aromatic nitrogens is 2. The van der Waals surface area contributed by atoms with Crippen LogP contribution in [-0.2, 0) is 16.1 Å². The Morgan fingerprint density at radius 2 is 1.85 bits per heavy atom. The van der Waals surface area contributed by atoms with E-state index in [4.69, 9.17) is 0 Å². The van der Waals surface area contributed by atoms with Gasteiger partial charge in [-0.2, -0.15) is 5.10 Å². The fourth-order valence-corrected chi connectivity index (χ4v) is 4.28. The second-order valence-electron chi connectivity index (χ2n) is 6.85. The van der Waals surface area contributed by atoms with E-state index in [0.29, 0.717) is 12.4 Å². The molecule has 1 aromatic carbocycles. The van der Waals surface area contributed by atoms with Crippen LogP contribution >= 0.6 is 15.9 Å². The SMILES string of the molecule is O=C(O)C1C2C=CC(C2)C1C(=O)Nc1ccn(Cc2ccc(Br)cc2)n1. The Morgan fingerprint density at radius 1 is 1.15 bits per heavy atom. The number of carboxylic acids is 1. The van der Waals surface area contributed by atoms with Crippen LogP contribution < -0.4 is 5.32 Å². The van der Waals surface area contributed by atoms with Crippen LogP contribution in [0.15, 0.2) is 53.2 Å². The quantitative estimate of drug-likeness (QED) is 0.734. The number of allylic oxidation sites excluding steroid dienone is 2. The number of carbonyl (C=O) groups is 2. The molecule has 0 spiro atoms. The molecular formula is C19H18BrN3O3. The summed E-state index contributed by atoms with van der Waals surface area (Å²) in [6.45, 7) is 0.595. The van der Waals surface area contributed by atoms with Crippen molar-refractivity contribution in [3.05, 3.63) is 58.7 Å². The lowest BCUT2D eigenvalue weighted by atomic mass is 9.82. The summed E-state index contributed by atoms with van der Waals surface area (Å²) in [5.74, 6) is -1.92. The molecule has 2 N–H and O–H groups in total. The molecule has 1 amide bonds. The number of nitrogens with one attached hydrogen (secondary N) is 1. The van der Waals surface area contributed by atoms with E-state index in [1.165, 1.54) is 0 Å². The second-order valence-corrected chi connectivity index (χ2v) is 7.77. The minimum absolute atomic E-state index is 0.00551. The molecule has 134 valence electrons.